The highest BCUT2D eigenvalue weighted by Crippen LogP contribution is 2.18. The molecule has 1 amide bonds. The molecule has 0 spiro atoms. The summed E-state index contributed by atoms with van der Waals surface area (Å²) in [5.41, 5.74) is 0. The number of thiophene rings is 1. The SMILES string of the molecule is CCCN(CC(=O)NC(C)c1cccs1)C1CCNCC1. The molecule has 2 rings (SSSR count). The second-order valence-corrected chi connectivity index (χ2v) is 6.74. The van der Waals surface area contributed by atoms with Crippen molar-refractivity contribution in [1.82, 2.24) is 15.5 Å². The number of piperidine rings is 1. The number of carbonyl (C=O) groups is 1. The van der Waals surface area contributed by atoms with Gasteiger partial charge in [0.2, 0.25) is 5.91 Å². The summed E-state index contributed by atoms with van der Waals surface area (Å²) in [5.74, 6) is 0.142. The fourth-order valence-electron chi connectivity index (χ4n) is 2.93. The highest BCUT2D eigenvalue weighted by Gasteiger charge is 2.22. The fourth-order valence-corrected chi connectivity index (χ4v) is 3.66. The van der Waals surface area contributed by atoms with Gasteiger partial charge in [-0.3, -0.25) is 9.69 Å². The molecule has 2 heterocycles. The molecular weight excluding hydrogens is 282 g/mol. The van der Waals surface area contributed by atoms with Crippen LogP contribution in [0.4, 0.5) is 0 Å². The molecule has 0 radical (unpaired) electrons. The number of carbonyl (C=O) groups excluding carboxylic acids is 1. The third-order valence-corrected chi connectivity index (χ3v) is 5.09. The minimum atomic E-state index is 0.106. The molecule has 1 aliphatic rings. The molecule has 1 aliphatic heterocycles. The molecule has 0 bridgehead atoms. The van der Waals surface area contributed by atoms with Crippen molar-refractivity contribution in [2.75, 3.05) is 26.2 Å². The molecule has 0 aliphatic carbocycles. The van der Waals surface area contributed by atoms with Crippen LogP contribution in [0.5, 0.6) is 0 Å². The van der Waals surface area contributed by atoms with Gasteiger partial charge in [-0.25, -0.2) is 0 Å². The maximum Gasteiger partial charge on any atom is 0.234 e. The van der Waals surface area contributed by atoms with Crippen LogP contribution in [-0.2, 0) is 4.79 Å². The van der Waals surface area contributed by atoms with E-state index in [1.165, 1.54) is 4.88 Å². The maximum absolute atomic E-state index is 12.3. The predicted octanol–water partition coefficient (Wildman–Crippen LogP) is 2.39. The van der Waals surface area contributed by atoms with Gasteiger partial charge in [0.1, 0.15) is 0 Å². The number of nitrogens with one attached hydrogen (secondary N) is 2. The summed E-state index contributed by atoms with van der Waals surface area (Å²) in [4.78, 5) is 15.9. The summed E-state index contributed by atoms with van der Waals surface area (Å²) in [5, 5.41) is 8.57. The summed E-state index contributed by atoms with van der Waals surface area (Å²) in [6.45, 7) is 7.90. The van der Waals surface area contributed by atoms with E-state index in [4.69, 9.17) is 0 Å². The lowest BCUT2D eigenvalue weighted by Gasteiger charge is -2.34. The fraction of sp³-hybridized carbons (Fsp3) is 0.688. The molecule has 5 heteroatoms. The normalized spacial score (nSPS) is 17.9. The largest absolute Gasteiger partial charge is 0.348 e. The smallest absolute Gasteiger partial charge is 0.234 e. The van der Waals surface area contributed by atoms with E-state index >= 15 is 0 Å². The van der Waals surface area contributed by atoms with Crippen LogP contribution in [0.15, 0.2) is 17.5 Å². The number of rotatable bonds is 7. The van der Waals surface area contributed by atoms with Crippen molar-refractivity contribution >= 4 is 17.2 Å². The highest BCUT2D eigenvalue weighted by molar-refractivity contribution is 7.10. The first-order valence-electron chi connectivity index (χ1n) is 7.98. The van der Waals surface area contributed by atoms with Gasteiger partial charge in [0.05, 0.1) is 12.6 Å². The van der Waals surface area contributed by atoms with Gasteiger partial charge >= 0.3 is 0 Å². The second kappa shape index (κ2) is 8.51. The average molecular weight is 309 g/mol. The zero-order valence-electron chi connectivity index (χ0n) is 13.1. The number of hydrogen-bond donors (Lipinski definition) is 2. The van der Waals surface area contributed by atoms with Gasteiger partial charge < -0.3 is 10.6 Å². The van der Waals surface area contributed by atoms with Gasteiger partial charge in [-0.05, 0) is 57.3 Å². The molecular formula is C16H27N3OS. The molecule has 0 aromatic carbocycles. The quantitative estimate of drug-likeness (QED) is 0.813. The van der Waals surface area contributed by atoms with Crippen molar-refractivity contribution in [2.24, 2.45) is 0 Å². The maximum atomic E-state index is 12.3. The number of nitrogens with zero attached hydrogens (tertiary/aromatic N) is 1. The van der Waals surface area contributed by atoms with Crippen molar-refractivity contribution < 1.29 is 4.79 Å². The monoisotopic (exact) mass is 309 g/mol. The standard InChI is InChI=1S/C16H27N3OS/c1-3-10-19(14-6-8-17-9-7-14)12-16(20)18-13(2)15-5-4-11-21-15/h4-5,11,13-14,17H,3,6-10,12H2,1-2H3,(H,18,20). The summed E-state index contributed by atoms with van der Waals surface area (Å²) in [6.07, 6.45) is 3.39. The molecule has 1 saturated heterocycles. The Hall–Kier alpha value is -0.910. The first kappa shape index (κ1) is 16.5. The van der Waals surface area contributed by atoms with Crippen LogP contribution >= 0.6 is 11.3 Å². The van der Waals surface area contributed by atoms with Crippen LogP contribution in [0.2, 0.25) is 0 Å². The summed E-state index contributed by atoms with van der Waals surface area (Å²) >= 11 is 1.69. The van der Waals surface area contributed by atoms with Crippen LogP contribution in [-0.4, -0.2) is 43.0 Å². The minimum Gasteiger partial charge on any atom is -0.348 e. The van der Waals surface area contributed by atoms with Gasteiger partial charge in [-0.1, -0.05) is 13.0 Å². The van der Waals surface area contributed by atoms with E-state index in [0.29, 0.717) is 12.6 Å². The van der Waals surface area contributed by atoms with Crippen LogP contribution in [0.1, 0.15) is 44.0 Å². The van der Waals surface area contributed by atoms with Gasteiger partial charge in [0.25, 0.3) is 0 Å². The van der Waals surface area contributed by atoms with Crippen molar-refractivity contribution in [2.45, 2.75) is 45.2 Å². The Morgan fingerprint density at radius 1 is 1.52 bits per heavy atom. The van der Waals surface area contributed by atoms with E-state index in [2.05, 4.69) is 40.8 Å². The Kier molecular flexibility index (Phi) is 6.67. The van der Waals surface area contributed by atoms with Crippen molar-refractivity contribution in [3.05, 3.63) is 22.4 Å². The highest BCUT2D eigenvalue weighted by atomic mass is 32.1. The Bertz CT molecular complexity index is 415. The Morgan fingerprint density at radius 2 is 2.29 bits per heavy atom. The molecule has 4 nitrogen and oxygen atoms in total. The van der Waals surface area contributed by atoms with Crippen LogP contribution < -0.4 is 10.6 Å². The van der Waals surface area contributed by atoms with Crippen LogP contribution in [0, 0.1) is 0 Å². The third-order valence-electron chi connectivity index (χ3n) is 4.03. The molecule has 21 heavy (non-hydrogen) atoms. The van der Waals surface area contributed by atoms with E-state index in [1.807, 2.05) is 6.07 Å². The third kappa shape index (κ3) is 5.09. The Labute approximate surface area is 131 Å². The Morgan fingerprint density at radius 3 is 2.90 bits per heavy atom. The van der Waals surface area contributed by atoms with Gasteiger partial charge in [-0.2, -0.15) is 0 Å². The first-order valence-corrected chi connectivity index (χ1v) is 8.86. The molecule has 1 aromatic heterocycles. The number of amides is 1. The van der Waals surface area contributed by atoms with E-state index in [9.17, 15) is 4.79 Å². The van der Waals surface area contributed by atoms with Gasteiger partial charge in [-0.15, -0.1) is 11.3 Å². The lowest BCUT2D eigenvalue weighted by atomic mass is 10.0. The zero-order chi connectivity index (χ0) is 15.1. The van der Waals surface area contributed by atoms with E-state index in [-0.39, 0.29) is 11.9 Å². The van der Waals surface area contributed by atoms with Crippen LogP contribution in [0.3, 0.4) is 0 Å². The average Bonchev–Trinajstić information content (AvgIpc) is 3.02. The van der Waals surface area contributed by atoms with Crippen molar-refractivity contribution in [3.8, 4) is 0 Å². The van der Waals surface area contributed by atoms with Crippen molar-refractivity contribution in [1.29, 1.82) is 0 Å². The lowest BCUT2D eigenvalue weighted by Crippen LogP contribution is -2.47. The summed E-state index contributed by atoms with van der Waals surface area (Å²) in [7, 11) is 0. The number of hydrogen-bond acceptors (Lipinski definition) is 4. The van der Waals surface area contributed by atoms with Crippen molar-refractivity contribution in [3.63, 3.8) is 0 Å². The van der Waals surface area contributed by atoms with Crippen LogP contribution in [0.25, 0.3) is 0 Å². The lowest BCUT2D eigenvalue weighted by molar-refractivity contribution is -0.123. The molecule has 2 N–H and O–H groups in total. The predicted molar refractivity (Wildman–Crippen MR) is 88.6 cm³/mol. The van der Waals surface area contributed by atoms with Gasteiger partial charge in [0, 0.05) is 10.9 Å². The molecule has 118 valence electrons. The molecule has 1 atom stereocenters. The molecule has 1 fully saturated rings. The first-order chi connectivity index (χ1) is 10.2. The zero-order valence-corrected chi connectivity index (χ0v) is 13.9. The summed E-state index contributed by atoms with van der Waals surface area (Å²) in [6, 6.07) is 4.76. The second-order valence-electron chi connectivity index (χ2n) is 5.76. The molecule has 1 aromatic rings. The van der Waals surface area contributed by atoms with E-state index in [0.717, 1.165) is 38.9 Å². The summed E-state index contributed by atoms with van der Waals surface area (Å²) < 4.78 is 0. The minimum absolute atomic E-state index is 0.106. The topological polar surface area (TPSA) is 44.4 Å². The Balaban J connectivity index is 1.85. The van der Waals surface area contributed by atoms with Gasteiger partial charge in [0.15, 0.2) is 0 Å². The molecule has 1 unspecified atom stereocenters. The van der Waals surface area contributed by atoms with E-state index < -0.39 is 0 Å². The van der Waals surface area contributed by atoms with E-state index in [1.54, 1.807) is 11.3 Å². The molecule has 0 saturated carbocycles.